The molecule has 2 aromatic rings. The van der Waals surface area contributed by atoms with Crippen molar-refractivity contribution in [1.29, 1.82) is 0 Å². The van der Waals surface area contributed by atoms with Crippen molar-refractivity contribution >= 4 is 11.0 Å². The van der Waals surface area contributed by atoms with Crippen molar-refractivity contribution in [3.8, 4) is 0 Å². The summed E-state index contributed by atoms with van der Waals surface area (Å²) in [6.07, 6.45) is 4.55. The Labute approximate surface area is 108 Å². The van der Waals surface area contributed by atoms with Gasteiger partial charge in [-0.2, -0.15) is 0 Å². The topological polar surface area (TPSA) is 37.8 Å². The minimum absolute atomic E-state index is 0.191. The Morgan fingerprint density at radius 3 is 2.67 bits per heavy atom. The number of hydrogen-bond acceptors (Lipinski definition) is 3. The molecule has 1 aromatic carbocycles. The summed E-state index contributed by atoms with van der Waals surface area (Å²) in [6, 6.07) is 6.39. The summed E-state index contributed by atoms with van der Waals surface area (Å²) >= 11 is 0. The lowest BCUT2D eigenvalue weighted by molar-refractivity contribution is 0.591. The minimum Gasteiger partial charge on any atom is -0.307 e. The van der Waals surface area contributed by atoms with E-state index in [0.29, 0.717) is 0 Å². The predicted molar refractivity (Wildman–Crippen MR) is 75.4 cm³/mol. The van der Waals surface area contributed by atoms with E-state index >= 15 is 0 Å². The van der Waals surface area contributed by atoms with Crippen LogP contribution in [0.1, 0.15) is 31.9 Å². The number of nitrogens with one attached hydrogen (secondary N) is 1. The summed E-state index contributed by atoms with van der Waals surface area (Å²) in [5, 5.41) is 3.50. The molecular weight excluding hydrogens is 222 g/mol. The molecule has 2 rings (SSSR count). The first-order valence-corrected chi connectivity index (χ1v) is 6.32. The van der Waals surface area contributed by atoms with Gasteiger partial charge in [0, 0.05) is 12.4 Å². The second-order valence-electron chi connectivity index (χ2n) is 4.54. The standard InChI is InChI=1S/C15H19N3/c1-4-7-18-15(11(2)3)12-5-6-13-14(10-12)17-9-8-16-13/h5-6,8-10,15,18H,2,4,7H2,1,3H3. The van der Waals surface area contributed by atoms with Crippen LogP contribution in [-0.4, -0.2) is 16.5 Å². The lowest BCUT2D eigenvalue weighted by Gasteiger charge is -2.19. The van der Waals surface area contributed by atoms with E-state index < -0.39 is 0 Å². The van der Waals surface area contributed by atoms with Crippen LogP contribution < -0.4 is 5.32 Å². The molecule has 0 fully saturated rings. The highest BCUT2D eigenvalue weighted by atomic mass is 14.9. The Hall–Kier alpha value is -1.74. The fourth-order valence-electron chi connectivity index (χ4n) is 2.03. The second kappa shape index (κ2) is 5.74. The summed E-state index contributed by atoms with van der Waals surface area (Å²) in [7, 11) is 0. The van der Waals surface area contributed by atoms with Crippen molar-refractivity contribution in [2.45, 2.75) is 26.3 Å². The third-order valence-electron chi connectivity index (χ3n) is 2.92. The highest BCUT2D eigenvalue weighted by Gasteiger charge is 2.11. The molecule has 18 heavy (non-hydrogen) atoms. The molecule has 1 N–H and O–H groups in total. The zero-order valence-electron chi connectivity index (χ0n) is 11.0. The number of nitrogens with zero attached hydrogens (tertiary/aromatic N) is 2. The lowest BCUT2D eigenvalue weighted by Crippen LogP contribution is -2.22. The molecule has 1 unspecified atom stereocenters. The number of hydrogen-bond donors (Lipinski definition) is 1. The molecule has 0 saturated carbocycles. The third-order valence-corrected chi connectivity index (χ3v) is 2.92. The van der Waals surface area contributed by atoms with E-state index in [2.05, 4.69) is 40.9 Å². The smallest absolute Gasteiger partial charge is 0.0890 e. The van der Waals surface area contributed by atoms with Gasteiger partial charge in [0.25, 0.3) is 0 Å². The van der Waals surface area contributed by atoms with E-state index in [1.54, 1.807) is 12.4 Å². The molecule has 0 aliphatic carbocycles. The number of aromatic nitrogens is 2. The average molecular weight is 241 g/mol. The highest BCUT2D eigenvalue weighted by Crippen LogP contribution is 2.22. The first-order chi connectivity index (χ1) is 8.72. The average Bonchev–Trinajstić information content (AvgIpc) is 2.38. The Kier molecular flexibility index (Phi) is 4.05. The maximum Gasteiger partial charge on any atom is 0.0890 e. The van der Waals surface area contributed by atoms with Gasteiger partial charge in [-0.15, -0.1) is 0 Å². The maximum absolute atomic E-state index is 4.34. The maximum atomic E-state index is 4.34. The zero-order chi connectivity index (χ0) is 13.0. The summed E-state index contributed by atoms with van der Waals surface area (Å²) in [5.74, 6) is 0. The molecule has 0 amide bonds. The molecule has 3 heteroatoms. The molecule has 0 aliphatic heterocycles. The van der Waals surface area contributed by atoms with Crippen LogP contribution in [0.25, 0.3) is 11.0 Å². The van der Waals surface area contributed by atoms with Gasteiger partial charge in [-0.25, -0.2) is 0 Å². The Bertz CT molecular complexity index is 548. The SMILES string of the molecule is C=C(C)C(NCCC)c1ccc2nccnc2c1. The monoisotopic (exact) mass is 241 g/mol. The van der Waals surface area contributed by atoms with Gasteiger partial charge in [0.15, 0.2) is 0 Å². The Morgan fingerprint density at radius 2 is 2.00 bits per heavy atom. The third kappa shape index (κ3) is 2.74. The first kappa shape index (κ1) is 12.7. The lowest BCUT2D eigenvalue weighted by atomic mass is 10.00. The first-order valence-electron chi connectivity index (χ1n) is 6.32. The summed E-state index contributed by atoms with van der Waals surface area (Å²) < 4.78 is 0. The highest BCUT2D eigenvalue weighted by molar-refractivity contribution is 5.74. The molecular formula is C15H19N3. The van der Waals surface area contributed by atoms with Gasteiger partial charge in [-0.1, -0.05) is 25.1 Å². The van der Waals surface area contributed by atoms with Crippen LogP contribution in [0.4, 0.5) is 0 Å². The van der Waals surface area contributed by atoms with E-state index in [1.165, 1.54) is 5.56 Å². The van der Waals surface area contributed by atoms with E-state index in [1.807, 2.05) is 13.0 Å². The van der Waals surface area contributed by atoms with Gasteiger partial charge in [0.05, 0.1) is 17.1 Å². The van der Waals surface area contributed by atoms with Gasteiger partial charge >= 0.3 is 0 Å². The molecule has 3 nitrogen and oxygen atoms in total. The minimum atomic E-state index is 0.191. The molecule has 1 atom stereocenters. The van der Waals surface area contributed by atoms with Crippen molar-refractivity contribution < 1.29 is 0 Å². The fraction of sp³-hybridized carbons (Fsp3) is 0.333. The molecule has 94 valence electrons. The quantitative estimate of drug-likeness (QED) is 0.817. The van der Waals surface area contributed by atoms with Crippen LogP contribution in [0, 0.1) is 0 Å². The molecule has 1 aromatic heterocycles. The van der Waals surface area contributed by atoms with Gasteiger partial charge < -0.3 is 5.32 Å². The van der Waals surface area contributed by atoms with E-state index in [4.69, 9.17) is 0 Å². The van der Waals surface area contributed by atoms with Crippen LogP contribution in [0.3, 0.4) is 0 Å². The summed E-state index contributed by atoms with van der Waals surface area (Å²) in [5.41, 5.74) is 4.17. The molecule has 1 heterocycles. The van der Waals surface area contributed by atoms with Gasteiger partial charge in [0.2, 0.25) is 0 Å². The normalized spacial score (nSPS) is 12.6. The summed E-state index contributed by atoms with van der Waals surface area (Å²) in [6.45, 7) is 9.26. The zero-order valence-corrected chi connectivity index (χ0v) is 11.0. The van der Waals surface area contributed by atoms with Crippen molar-refractivity contribution in [1.82, 2.24) is 15.3 Å². The van der Waals surface area contributed by atoms with Crippen LogP contribution in [0.5, 0.6) is 0 Å². The molecule has 0 aliphatic rings. The number of fused-ring (bicyclic) bond motifs is 1. The van der Waals surface area contributed by atoms with Gasteiger partial charge in [-0.3, -0.25) is 9.97 Å². The van der Waals surface area contributed by atoms with Gasteiger partial charge in [0.1, 0.15) is 0 Å². The van der Waals surface area contributed by atoms with E-state index in [0.717, 1.165) is 29.6 Å². The van der Waals surface area contributed by atoms with Crippen LogP contribution in [0.15, 0.2) is 42.7 Å². The van der Waals surface area contributed by atoms with Crippen molar-refractivity contribution in [3.63, 3.8) is 0 Å². The Balaban J connectivity index is 2.35. The number of rotatable bonds is 5. The number of benzene rings is 1. The Morgan fingerprint density at radius 1 is 1.28 bits per heavy atom. The van der Waals surface area contributed by atoms with Crippen LogP contribution in [0.2, 0.25) is 0 Å². The second-order valence-corrected chi connectivity index (χ2v) is 4.54. The van der Waals surface area contributed by atoms with Crippen molar-refractivity contribution in [2.75, 3.05) is 6.54 Å². The van der Waals surface area contributed by atoms with Gasteiger partial charge in [-0.05, 0) is 37.6 Å². The molecule has 0 saturated heterocycles. The van der Waals surface area contributed by atoms with Crippen LogP contribution >= 0.6 is 0 Å². The summed E-state index contributed by atoms with van der Waals surface area (Å²) in [4.78, 5) is 8.63. The largest absolute Gasteiger partial charge is 0.307 e. The fourth-order valence-corrected chi connectivity index (χ4v) is 2.03. The van der Waals surface area contributed by atoms with Crippen LogP contribution in [-0.2, 0) is 0 Å². The molecule has 0 spiro atoms. The van der Waals surface area contributed by atoms with E-state index in [-0.39, 0.29) is 6.04 Å². The van der Waals surface area contributed by atoms with Crippen molar-refractivity contribution in [2.24, 2.45) is 0 Å². The molecule has 0 bridgehead atoms. The predicted octanol–water partition coefficient (Wildman–Crippen LogP) is 3.25. The van der Waals surface area contributed by atoms with E-state index in [9.17, 15) is 0 Å². The molecule has 0 radical (unpaired) electrons. The van der Waals surface area contributed by atoms with Crippen molar-refractivity contribution in [3.05, 3.63) is 48.3 Å².